The van der Waals surface area contributed by atoms with Gasteiger partial charge in [-0.25, -0.2) is 4.39 Å². The van der Waals surface area contributed by atoms with Gasteiger partial charge in [-0.05, 0) is 31.2 Å². The second-order valence-corrected chi connectivity index (χ2v) is 4.23. The highest BCUT2D eigenvalue weighted by molar-refractivity contribution is 5.45. The molecule has 0 unspecified atom stereocenters. The Kier molecular flexibility index (Phi) is 4.46. The molecule has 0 spiro atoms. The standard InChI is InChI=1S/C13H18FN5/c1-2-18(13-5-3-11(14)4-6-13)7-8-19-10-12(9-15)16-17-19/h3-6,10H,2,7-9,15H2,1H3. The molecule has 0 aliphatic heterocycles. The van der Waals surface area contributed by atoms with Crippen molar-refractivity contribution in [3.8, 4) is 0 Å². The lowest BCUT2D eigenvalue weighted by Crippen LogP contribution is -2.27. The molecule has 0 aliphatic rings. The van der Waals surface area contributed by atoms with Crippen molar-refractivity contribution in [2.45, 2.75) is 20.0 Å². The van der Waals surface area contributed by atoms with Crippen LogP contribution in [0.15, 0.2) is 30.5 Å². The fraction of sp³-hybridized carbons (Fsp3) is 0.385. The van der Waals surface area contributed by atoms with Crippen molar-refractivity contribution >= 4 is 5.69 Å². The van der Waals surface area contributed by atoms with Gasteiger partial charge in [0.2, 0.25) is 0 Å². The highest BCUT2D eigenvalue weighted by Crippen LogP contribution is 2.14. The molecular formula is C13H18FN5. The molecule has 5 nitrogen and oxygen atoms in total. The van der Waals surface area contributed by atoms with Crippen LogP contribution in [0.1, 0.15) is 12.6 Å². The summed E-state index contributed by atoms with van der Waals surface area (Å²) in [6, 6.07) is 6.51. The fourth-order valence-corrected chi connectivity index (χ4v) is 1.89. The van der Waals surface area contributed by atoms with Gasteiger partial charge in [0, 0.05) is 31.5 Å². The normalized spacial score (nSPS) is 10.7. The Hall–Kier alpha value is -1.95. The predicted octanol–water partition coefficient (Wildman–Crippen LogP) is 1.40. The number of anilines is 1. The van der Waals surface area contributed by atoms with Crippen LogP contribution in [0.2, 0.25) is 0 Å². The molecular weight excluding hydrogens is 245 g/mol. The average Bonchev–Trinajstić information content (AvgIpc) is 2.89. The molecule has 1 aromatic carbocycles. The highest BCUT2D eigenvalue weighted by Gasteiger charge is 2.05. The van der Waals surface area contributed by atoms with Crippen LogP contribution < -0.4 is 10.6 Å². The molecule has 2 N–H and O–H groups in total. The van der Waals surface area contributed by atoms with E-state index in [4.69, 9.17) is 5.73 Å². The van der Waals surface area contributed by atoms with Crippen LogP contribution in [0.4, 0.5) is 10.1 Å². The van der Waals surface area contributed by atoms with Gasteiger partial charge in [0.15, 0.2) is 0 Å². The Labute approximate surface area is 111 Å². The molecule has 0 aliphatic carbocycles. The SMILES string of the molecule is CCN(CCn1cc(CN)nn1)c1ccc(F)cc1. The maximum atomic E-state index is 12.9. The smallest absolute Gasteiger partial charge is 0.123 e. The first-order chi connectivity index (χ1) is 9.22. The molecule has 102 valence electrons. The van der Waals surface area contributed by atoms with Gasteiger partial charge in [-0.15, -0.1) is 5.10 Å². The molecule has 0 bridgehead atoms. The van der Waals surface area contributed by atoms with Gasteiger partial charge in [0.1, 0.15) is 5.82 Å². The minimum Gasteiger partial charge on any atom is -0.370 e. The molecule has 1 heterocycles. The van der Waals surface area contributed by atoms with Crippen LogP contribution >= 0.6 is 0 Å². The molecule has 19 heavy (non-hydrogen) atoms. The van der Waals surface area contributed by atoms with E-state index in [1.54, 1.807) is 16.8 Å². The first-order valence-electron chi connectivity index (χ1n) is 6.32. The second-order valence-electron chi connectivity index (χ2n) is 4.23. The van der Waals surface area contributed by atoms with Crippen molar-refractivity contribution < 1.29 is 4.39 Å². The fourth-order valence-electron chi connectivity index (χ4n) is 1.89. The summed E-state index contributed by atoms with van der Waals surface area (Å²) in [5, 5.41) is 7.94. The monoisotopic (exact) mass is 263 g/mol. The summed E-state index contributed by atoms with van der Waals surface area (Å²) in [5.41, 5.74) is 7.27. The summed E-state index contributed by atoms with van der Waals surface area (Å²) in [7, 11) is 0. The molecule has 0 amide bonds. The maximum Gasteiger partial charge on any atom is 0.123 e. The zero-order chi connectivity index (χ0) is 13.7. The number of benzene rings is 1. The summed E-state index contributed by atoms with van der Waals surface area (Å²) in [6.07, 6.45) is 1.85. The third-order valence-corrected chi connectivity index (χ3v) is 2.97. The molecule has 2 rings (SSSR count). The van der Waals surface area contributed by atoms with Gasteiger partial charge in [-0.3, -0.25) is 4.68 Å². The Morgan fingerprint density at radius 3 is 2.63 bits per heavy atom. The molecule has 1 aromatic heterocycles. The van der Waals surface area contributed by atoms with E-state index >= 15 is 0 Å². The number of likely N-dealkylation sites (N-methyl/N-ethyl adjacent to an activating group) is 1. The summed E-state index contributed by atoms with van der Waals surface area (Å²) >= 11 is 0. The zero-order valence-electron chi connectivity index (χ0n) is 11.0. The van der Waals surface area contributed by atoms with E-state index in [1.165, 1.54) is 12.1 Å². The van der Waals surface area contributed by atoms with Gasteiger partial charge >= 0.3 is 0 Å². The molecule has 0 radical (unpaired) electrons. The van der Waals surface area contributed by atoms with Crippen molar-refractivity contribution in [3.05, 3.63) is 42.0 Å². The number of aromatic nitrogens is 3. The zero-order valence-corrected chi connectivity index (χ0v) is 11.0. The maximum absolute atomic E-state index is 12.9. The van der Waals surface area contributed by atoms with Crippen LogP contribution in [0.3, 0.4) is 0 Å². The average molecular weight is 263 g/mol. The van der Waals surface area contributed by atoms with Crippen molar-refractivity contribution in [1.82, 2.24) is 15.0 Å². The van der Waals surface area contributed by atoms with Gasteiger partial charge < -0.3 is 10.6 Å². The van der Waals surface area contributed by atoms with E-state index in [2.05, 4.69) is 22.1 Å². The van der Waals surface area contributed by atoms with Crippen LogP contribution in [-0.4, -0.2) is 28.1 Å². The van der Waals surface area contributed by atoms with Crippen molar-refractivity contribution in [1.29, 1.82) is 0 Å². The first-order valence-corrected chi connectivity index (χ1v) is 6.32. The predicted molar refractivity (Wildman–Crippen MR) is 72.2 cm³/mol. The Morgan fingerprint density at radius 1 is 1.32 bits per heavy atom. The molecule has 6 heteroatoms. The highest BCUT2D eigenvalue weighted by atomic mass is 19.1. The van der Waals surface area contributed by atoms with Crippen LogP contribution in [0, 0.1) is 5.82 Å². The second kappa shape index (κ2) is 6.29. The molecule has 2 aromatic rings. The Balaban J connectivity index is 1.97. The number of hydrogen-bond donors (Lipinski definition) is 1. The Morgan fingerprint density at radius 2 is 2.05 bits per heavy atom. The largest absolute Gasteiger partial charge is 0.370 e. The summed E-state index contributed by atoms with van der Waals surface area (Å²) in [6.45, 7) is 4.82. The summed E-state index contributed by atoms with van der Waals surface area (Å²) < 4.78 is 14.7. The number of nitrogens with zero attached hydrogens (tertiary/aromatic N) is 4. The third kappa shape index (κ3) is 3.51. The van der Waals surface area contributed by atoms with E-state index in [0.29, 0.717) is 6.54 Å². The van der Waals surface area contributed by atoms with Gasteiger partial charge in [-0.1, -0.05) is 5.21 Å². The van der Waals surface area contributed by atoms with E-state index in [0.717, 1.165) is 31.0 Å². The minimum atomic E-state index is -0.219. The van der Waals surface area contributed by atoms with E-state index < -0.39 is 0 Å². The lowest BCUT2D eigenvalue weighted by molar-refractivity contribution is 0.578. The molecule has 0 saturated carbocycles. The number of nitrogens with two attached hydrogens (primary N) is 1. The lowest BCUT2D eigenvalue weighted by atomic mass is 10.3. The van der Waals surface area contributed by atoms with Crippen LogP contribution in [0.25, 0.3) is 0 Å². The first kappa shape index (κ1) is 13.5. The van der Waals surface area contributed by atoms with Gasteiger partial charge in [0.25, 0.3) is 0 Å². The number of rotatable bonds is 6. The lowest BCUT2D eigenvalue weighted by Gasteiger charge is -2.22. The number of halogens is 1. The molecule has 0 atom stereocenters. The van der Waals surface area contributed by atoms with Crippen molar-refractivity contribution in [2.75, 3.05) is 18.0 Å². The van der Waals surface area contributed by atoms with Crippen molar-refractivity contribution in [2.24, 2.45) is 5.73 Å². The topological polar surface area (TPSA) is 60.0 Å². The quantitative estimate of drug-likeness (QED) is 0.856. The third-order valence-electron chi connectivity index (χ3n) is 2.97. The van der Waals surface area contributed by atoms with Gasteiger partial charge in [-0.2, -0.15) is 0 Å². The van der Waals surface area contributed by atoms with Crippen molar-refractivity contribution in [3.63, 3.8) is 0 Å². The number of hydrogen-bond acceptors (Lipinski definition) is 4. The molecule has 0 saturated heterocycles. The Bertz CT molecular complexity index is 508. The summed E-state index contributed by atoms with van der Waals surface area (Å²) in [5.74, 6) is -0.219. The molecule has 0 fully saturated rings. The van der Waals surface area contributed by atoms with Gasteiger partial charge in [0.05, 0.1) is 12.2 Å². The summed E-state index contributed by atoms with van der Waals surface area (Å²) in [4.78, 5) is 2.16. The van der Waals surface area contributed by atoms with Crippen LogP contribution in [0.5, 0.6) is 0 Å². The van der Waals surface area contributed by atoms with E-state index in [9.17, 15) is 4.39 Å². The van der Waals surface area contributed by atoms with Crippen LogP contribution in [-0.2, 0) is 13.1 Å². The minimum absolute atomic E-state index is 0.219. The van der Waals surface area contributed by atoms with E-state index in [-0.39, 0.29) is 5.82 Å². The van der Waals surface area contributed by atoms with E-state index in [1.807, 2.05) is 6.20 Å².